The molecule has 0 radical (unpaired) electrons. The maximum Gasteiger partial charge on any atom is 0.294 e. The predicted octanol–water partition coefficient (Wildman–Crippen LogP) is 5.06. The lowest BCUT2D eigenvalue weighted by molar-refractivity contribution is -0.117. The number of fused-ring (bicyclic) bond motifs is 1. The Hall–Kier alpha value is -4.69. The van der Waals surface area contributed by atoms with E-state index in [1.807, 2.05) is 65.6 Å². The van der Waals surface area contributed by atoms with E-state index >= 15 is 0 Å². The number of piperazine rings is 1. The van der Waals surface area contributed by atoms with Crippen molar-refractivity contribution < 1.29 is 14.3 Å². The van der Waals surface area contributed by atoms with Crippen LogP contribution in [0.5, 0.6) is 5.75 Å². The van der Waals surface area contributed by atoms with Crippen molar-refractivity contribution in [2.75, 3.05) is 36.0 Å². The monoisotopic (exact) mass is 551 g/mol. The number of para-hydroxylation sites is 2. The number of carbonyl (C=O) groups excluding carboxylic acids is 2. The molecule has 1 saturated heterocycles. The number of halogens is 1. The molecule has 200 valence electrons. The maximum atomic E-state index is 13.5. The fourth-order valence-corrected chi connectivity index (χ4v) is 4.94. The molecule has 2 amide bonds. The summed E-state index contributed by atoms with van der Waals surface area (Å²) in [6.45, 7) is 2.91. The van der Waals surface area contributed by atoms with E-state index in [0.717, 1.165) is 11.1 Å². The van der Waals surface area contributed by atoms with Crippen molar-refractivity contribution in [1.29, 1.82) is 0 Å². The third kappa shape index (κ3) is 5.39. The van der Waals surface area contributed by atoms with Crippen molar-refractivity contribution in [2.45, 2.75) is 6.54 Å². The molecule has 1 aromatic heterocycles. The third-order valence-corrected chi connectivity index (χ3v) is 7.20. The molecular weight excluding hydrogens is 526 g/mol. The molecule has 1 fully saturated rings. The van der Waals surface area contributed by atoms with Gasteiger partial charge in [0.25, 0.3) is 11.8 Å². The molecular formula is C31H26ClN5O3. The topological polar surface area (TPSA) is 78.9 Å². The molecule has 6 rings (SSSR count). The van der Waals surface area contributed by atoms with Gasteiger partial charge in [0.2, 0.25) is 5.95 Å². The van der Waals surface area contributed by atoms with Crippen LogP contribution < -0.4 is 14.5 Å². The SMILES string of the molecule is O=C(c1ccc(/C=C2\Oc3ccccc3N(Cc3ccc(Cl)cc3)C2=O)cc1)N1CCN(c2ncccn2)CC1. The zero-order valence-electron chi connectivity index (χ0n) is 21.6. The minimum Gasteiger partial charge on any atom is -0.449 e. The lowest BCUT2D eigenvalue weighted by Crippen LogP contribution is -2.49. The summed E-state index contributed by atoms with van der Waals surface area (Å²) in [5, 5.41) is 0.643. The fourth-order valence-electron chi connectivity index (χ4n) is 4.81. The first-order chi connectivity index (χ1) is 19.5. The normalized spacial score (nSPS) is 16.1. The molecule has 0 saturated carbocycles. The van der Waals surface area contributed by atoms with Gasteiger partial charge in [-0.15, -0.1) is 0 Å². The van der Waals surface area contributed by atoms with Gasteiger partial charge in [0.15, 0.2) is 11.5 Å². The van der Waals surface area contributed by atoms with Crippen molar-refractivity contribution >= 4 is 41.1 Å². The summed E-state index contributed by atoms with van der Waals surface area (Å²) in [7, 11) is 0. The van der Waals surface area contributed by atoms with Crippen LogP contribution in [0.4, 0.5) is 11.6 Å². The average Bonchev–Trinajstić information content (AvgIpc) is 3.01. The highest BCUT2D eigenvalue weighted by atomic mass is 35.5. The third-order valence-electron chi connectivity index (χ3n) is 6.94. The van der Waals surface area contributed by atoms with E-state index in [-0.39, 0.29) is 17.6 Å². The van der Waals surface area contributed by atoms with Gasteiger partial charge in [-0.2, -0.15) is 0 Å². The van der Waals surface area contributed by atoms with Gasteiger partial charge >= 0.3 is 0 Å². The molecule has 2 aliphatic rings. The van der Waals surface area contributed by atoms with Gasteiger partial charge < -0.3 is 14.5 Å². The average molecular weight is 552 g/mol. The van der Waals surface area contributed by atoms with Crippen molar-refractivity contribution in [2.24, 2.45) is 0 Å². The van der Waals surface area contributed by atoms with Crippen LogP contribution in [0.2, 0.25) is 5.02 Å². The zero-order chi connectivity index (χ0) is 27.5. The molecule has 8 nitrogen and oxygen atoms in total. The van der Waals surface area contributed by atoms with Gasteiger partial charge in [0, 0.05) is 49.2 Å². The van der Waals surface area contributed by atoms with Crippen molar-refractivity contribution in [3.05, 3.63) is 119 Å². The summed E-state index contributed by atoms with van der Waals surface area (Å²) in [6, 6.07) is 23.9. The summed E-state index contributed by atoms with van der Waals surface area (Å²) in [6.07, 6.45) is 5.15. The molecule has 0 atom stereocenters. The fraction of sp³-hybridized carbons (Fsp3) is 0.161. The summed E-state index contributed by atoms with van der Waals surface area (Å²) >= 11 is 6.04. The van der Waals surface area contributed by atoms with E-state index in [2.05, 4.69) is 14.9 Å². The number of benzene rings is 3. The number of nitrogens with zero attached hydrogens (tertiary/aromatic N) is 5. The minimum absolute atomic E-state index is 0.0270. The van der Waals surface area contributed by atoms with Crippen LogP contribution in [0.25, 0.3) is 6.08 Å². The first-order valence-electron chi connectivity index (χ1n) is 13.0. The van der Waals surface area contributed by atoms with E-state index in [4.69, 9.17) is 16.3 Å². The van der Waals surface area contributed by atoms with Crippen molar-refractivity contribution in [3.63, 3.8) is 0 Å². The van der Waals surface area contributed by atoms with Gasteiger partial charge in [-0.25, -0.2) is 9.97 Å². The van der Waals surface area contributed by atoms with E-state index in [1.54, 1.807) is 41.6 Å². The molecule has 40 heavy (non-hydrogen) atoms. The van der Waals surface area contributed by atoms with Gasteiger partial charge in [-0.1, -0.05) is 48.0 Å². The van der Waals surface area contributed by atoms with Gasteiger partial charge in [0.1, 0.15) is 0 Å². The molecule has 0 unspecified atom stereocenters. The standard InChI is InChI=1S/C31H26ClN5O3/c32-25-12-8-23(9-13-25)21-37-26-4-1-2-5-27(26)40-28(30(37)39)20-22-6-10-24(11-7-22)29(38)35-16-18-36(19-17-35)31-33-14-3-15-34-31/h1-15,20H,16-19,21H2/b28-20-. The minimum atomic E-state index is -0.242. The molecule has 2 aliphatic heterocycles. The molecule has 4 aromatic rings. The van der Waals surface area contributed by atoms with Crippen LogP contribution in [0, 0.1) is 0 Å². The van der Waals surface area contributed by atoms with Crippen LogP contribution in [0.1, 0.15) is 21.5 Å². The lowest BCUT2D eigenvalue weighted by atomic mass is 10.1. The second kappa shape index (κ2) is 11.2. The van der Waals surface area contributed by atoms with E-state index in [0.29, 0.717) is 60.7 Å². The van der Waals surface area contributed by atoms with Crippen LogP contribution in [0.15, 0.2) is 97.0 Å². The van der Waals surface area contributed by atoms with Gasteiger partial charge in [-0.3, -0.25) is 14.5 Å². The Balaban J connectivity index is 1.16. The maximum absolute atomic E-state index is 13.5. The Morgan fingerprint density at radius 3 is 2.30 bits per heavy atom. The molecule has 0 spiro atoms. The Labute approximate surface area is 237 Å². The second-order valence-corrected chi connectivity index (χ2v) is 9.98. The summed E-state index contributed by atoms with van der Waals surface area (Å²) in [4.78, 5) is 40.9. The number of anilines is 2. The van der Waals surface area contributed by atoms with Crippen molar-refractivity contribution in [3.8, 4) is 5.75 Å². The number of hydrogen-bond donors (Lipinski definition) is 0. The smallest absolute Gasteiger partial charge is 0.294 e. The number of rotatable bonds is 5. The van der Waals surface area contributed by atoms with Crippen molar-refractivity contribution in [1.82, 2.24) is 14.9 Å². The lowest BCUT2D eigenvalue weighted by Gasteiger charge is -2.34. The van der Waals surface area contributed by atoms with Gasteiger partial charge in [-0.05, 0) is 59.7 Å². The molecule has 0 N–H and O–H groups in total. The highest BCUT2D eigenvalue weighted by molar-refractivity contribution is 6.30. The Morgan fingerprint density at radius 2 is 1.57 bits per heavy atom. The second-order valence-electron chi connectivity index (χ2n) is 9.55. The quantitative estimate of drug-likeness (QED) is 0.323. The van der Waals surface area contributed by atoms with Crippen LogP contribution in [-0.2, 0) is 11.3 Å². The van der Waals surface area contributed by atoms with Crippen LogP contribution in [0.3, 0.4) is 0 Å². The van der Waals surface area contributed by atoms with E-state index in [9.17, 15) is 9.59 Å². The zero-order valence-corrected chi connectivity index (χ0v) is 22.4. The highest BCUT2D eigenvalue weighted by Gasteiger charge is 2.30. The number of hydrogen-bond acceptors (Lipinski definition) is 6. The number of ether oxygens (including phenoxy) is 1. The van der Waals surface area contributed by atoms with Crippen LogP contribution in [-0.4, -0.2) is 52.9 Å². The predicted molar refractivity (Wildman–Crippen MR) is 154 cm³/mol. The number of amides is 2. The Morgan fingerprint density at radius 1 is 0.875 bits per heavy atom. The highest BCUT2D eigenvalue weighted by Crippen LogP contribution is 2.36. The Bertz CT molecular complexity index is 1550. The first-order valence-corrected chi connectivity index (χ1v) is 13.4. The first kappa shape index (κ1) is 25.6. The van der Waals surface area contributed by atoms with Gasteiger partial charge in [0.05, 0.1) is 12.2 Å². The largest absolute Gasteiger partial charge is 0.449 e. The number of carbonyl (C=O) groups is 2. The Kier molecular flexibility index (Phi) is 7.16. The van der Waals surface area contributed by atoms with Crippen LogP contribution >= 0.6 is 11.6 Å². The molecule has 0 bridgehead atoms. The molecule has 9 heteroatoms. The number of aromatic nitrogens is 2. The summed E-state index contributed by atoms with van der Waals surface area (Å²) in [5.41, 5.74) is 3.02. The van der Waals surface area contributed by atoms with E-state index < -0.39 is 0 Å². The molecule has 3 aromatic carbocycles. The molecule has 0 aliphatic carbocycles. The summed E-state index contributed by atoms with van der Waals surface area (Å²) < 4.78 is 6.01. The summed E-state index contributed by atoms with van der Waals surface area (Å²) in [5.74, 6) is 1.23. The van der Waals surface area contributed by atoms with E-state index in [1.165, 1.54) is 0 Å². The molecule has 3 heterocycles.